The molecule has 0 amide bonds. The second-order valence-electron chi connectivity index (χ2n) is 3.36. The molecule has 0 aliphatic carbocycles. The third kappa shape index (κ3) is 3.56. The van der Waals surface area contributed by atoms with Crippen LogP contribution < -0.4 is 10.0 Å². The first-order valence-corrected chi connectivity index (χ1v) is 7.28. The van der Waals surface area contributed by atoms with Crippen LogP contribution in [-0.4, -0.2) is 22.0 Å². The zero-order valence-corrected chi connectivity index (χ0v) is 11.9. The minimum Gasteiger partial charge on any atom is -0.313 e. The van der Waals surface area contributed by atoms with Crippen molar-refractivity contribution in [2.45, 2.75) is 18.4 Å². The van der Waals surface area contributed by atoms with Crippen LogP contribution in [0.25, 0.3) is 0 Å². The molecule has 17 heavy (non-hydrogen) atoms. The van der Waals surface area contributed by atoms with E-state index in [9.17, 15) is 8.42 Å². The van der Waals surface area contributed by atoms with Crippen LogP contribution in [0.1, 0.15) is 12.5 Å². The summed E-state index contributed by atoms with van der Waals surface area (Å²) in [5, 5.41) is 3.64. The lowest BCUT2D eigenvalue weighted by Gasteiger charge is -2.10. The summed E-state index contributed by atoms with van der Waals surface area (Å²) < 4.78 is 25.6. The summed E-state index contributed by atoms with van der Waals surface area (Å²) in [5.41, 5.74) is 0.701. The molecule has 1 rings (SSSR count). The molecule has 2 N–H and O–H groups in total. The average molecular weight is 297 g/mol. The highest BCUT2D eigenvalue weighted by Crippen LogP contribution is 2.28. The molecule has 7 heteroatoms. The maximum absolute atomic E-state index is 11.7. The zero-order chi connectivity index (χ0) is 13.1. The predicted molar refractivity (Wildman–Crippen MR) is 70.1 cm³/mol. The van der Waals surface area contributed by atoms with Crippen molar-refractivity contribution in [3.63, 3.8) is 0 Å². The first-order valence-electron chi connectivity index (χ1n) is 5.04. The molecule has 0 saturated carbocycles. The maximum Gasteiger partial charge on any atom is 0.241 e. The van der Waals surface area contributed by atoms with Crippen LogP contribution in [0.3, 0.4) is 0 Å². The average Bonchev–Trinajstić information content (AvgIpc) is 2.27. The Balaban J connectivity index is 3.24. The Morgan fingerprint density at radius 1 is 1.24 bits per heavy atom. The van der Waals surface area contributed by atoms with Crippen LogP contribution >= 0.6 is 23.2 Å². The van der Waals surface area contributed by atoms with Crippen LogP contribution in [0.2, 0.25) is 10.0 Å². The maximum atomic E-state index is 11.7. The second kappa shape index (κ2) is 6.02. The number of nitrogens with one attached hydrogen (secondary N) is 2. The minimum atomic E-state index is -3.56. The minimum absolute atomic E-state index is 0.0407. The molecule has 0 heterocycles. The predicted octanol–water partition coefficient (Wildman–Crippen LogP) is 2.01. The first-order chi connectivity index (χ1) is 7.92. The van der Waals surface area contributed by atoms with Crippen LogP contribution in [-0.2, 0) is 16.6 Å². The Labute approximate surface area is 111 Å². The third-order valence-corrected chi connectivity index (χ3v) is 4.46. The van der Waals surface area contributed by atoms with Gasteiger partial charge in [0.25, 0.3) is 0 Å². The number of rotatable bonds is 5. The van der Waals surface area contributed by atoms with E-state index in [0.717, 1.165) is 6.54 Å². The number of hydrogen-bond donors (Lipinski definition) is 2. The van der Waals surface area contributed by atoms with Gasteiger partial charge in [-0.25, -0.2) is 13.1 Å². The fourth-order valence-corrected chi connectivity index (χ4v) is 2.87. The van der Waals surface area contributed by atoms with Crippen LogP contribution in [0.15, 0.2) is 17.0 Å². The van der Waals surface area contributed by atoms with E-state index in [2.05, 4.69) is 10.0 Å². The highest BCUT2D eigenvalue weighted by atomic mass is 35.5. The van der Waals surface area contributed by atoms with Crippen molar-refractivity contribution in [2.24, 2.45) is 0 Å². The Morgan fingerprint density at radius 2 is 1.88 bits per heavy atom. The molecule has 0 aliphatic heterocycles. The highest BCUT2D eigenvalue weighted by Gasteiger charge is 2.18. The normalized spacial score (nSPS) is 11.8. The summed E-state index contributed by atoms with van der Waals surface area (Å²) in [6.07, 6.45) is 0. The van der Waals surface area contributed by atoms with Crippen LogP contribution in [0.4, 0.5) is 0 Å². The molecule has 0 aromatic heterocycles. The monoisotopic (exact) mass is 296 g/mol. The van der Waals surface area contributed by atoms with Gasteiger partial charge >= 0.3 is 0 Å². The van der Waals surface area contributed by atoms with E-state index in [1.54, 1.807) is 0 Å². The van der Waals surface area contributed by atoms with Gasteiger partial charge in [0.1, 0.15) is 4.90 Å². The molecular formula is C10H14Cl2N2O2S. The topological polar surface area (TPSA) is 58.2 Å². The quantitative estimate of drug-likeness (QED) is 0.874. The summed E-state index contributed by atoms with van der Waals surface area (Å²) >= 11 is 11.9. The standard InChI is InChI=1S/C10H14Cl2N2O2S/c1-3-14-6-7-4-10(17(15,16)13-2)9(12)5-8(7)11/h4-5,13-14H,3,6H2,1-2H3. The molecule has 0 bridgehead atoms. The molecule has 0 atom stereocenters. The molecule has 0 spiro atoms. The van der Waals surface area contributed by atoms with Gasteiger partial charge in [-0.1, -0.05) is 30.1 Å². The van der Waals surface area contributed by atoms with Crippen molar-refractivity contribution in [1.29, 1.82) is 0 Å². The van der Waals surface area contributed by atoms with Gasteiger partial charge in [0.2, 0.25) is 10.0 Å². The largest absolute Gasteiger partial charge is 0.313 e. The van der Waals surface area contributed by atoms with Gasteiger partial charge in [-0.05, 0) is 31.3 Å². The fraction of sp³-hybridized carbons (Fsp3) is 0.400. The molecule has 0 aliphatic rings. The summed E-state index contributed by atoms with van der Waals surface area (Å²) in [4.78, 5) is 0.0407. The van der Waals surface area contributed by atoms with Crippen molar-refractivity contribution in [2.75, 3.05) is 13.6 Å². The summed E-state index contributed by atoms with van der Waals surface area (Å²) in [7, 11) is -2.22. The van der Waals surface area contributed by atoms with Gasteiger partial charge in [-0.2, -0.15) is 0 Å². The van der Waals surface area contributed by atoms with E-state index in [0.29, 0.717) is 17.1 Å². The van der Waals surface area contributed by atoms with Gasteiger partial charge in [-0.15, -0.1) is 0 Å². The number of sulfonamides is 1. The SMILES string of the molecule is CCNCc1cc(S(=O)(=O)NC)c(Cl)cc1Cl. The first kappa shape index (κ1) is 14.7. The number of benzene rings is 1. The van der Waals surface area contributed by atoms with Crippen molar-refractivity contribution in [1.82, 2.24) is 10.0 Å². The molecule has 0 unspecified atom stereocenters. The molecule has 1 aromatic rings. The number of halogens is 2. The van der Waals surface area contributed by atoms with Crippen LogP contribution in [0, 0.1) is 0 Å². The lowest BCUT2D eigenvalue weighted by atomic mass is 10.2. The van der Waals surface area contributed by atoms with E-state index in [1.165, 1.54) is 19.2 Å². The van der Waals surface area contributed by atoms with E-state index in [1.807, 2.05) is 6.92 Å². The molecular weight excluding hydrogens is 283 g/mol. The van der Waals surface area contributed by atoms with Gasteiger partial charge in [0, 0.05) is 11.6 Å². The van der Waals surface area contributed by atoms with Gasteiger partial charge in [0.05, 0.1) is 5.02 Å². The third-order valence-electron chi connectivity index (χ3n) is 2.22. The van der Waals surface area contributed by atoms with E-state index in [-0.39, 0.29) is 9.92 Å². The molecule has 96 valence electrons. The Hall–Kier alpha value is -0.330. The summed E-state index contributed by atoms with van der Waals surface area (Å²) in [5.74, 6) is 0. The Morgan fingerprint density at radius 3 is 2.41 bits per heavy atom. The molecule has 0 saturated heterocycles. The van der Waals surface area contributed by atoms with Crippen molar-refractivity contribution >= 4 is 33.2 Å². The lowest BCUT2D eigenvalue weighted by Crippen LogP contribution is -2.20. The summed E-state index contributed by atoms with van der Waals surface area (Å²) in [6, 6.07) is 2.93. The summed E-state index contributed by atoms with van der Waals surface area (Å²) in [6.45, 7) is 3.22. The Bertz CT molecular complexity index is 503. The van der Waals surface area contributed by atoms with Crippen molar-refractivity contribution < 1.29 is 8.42 Å². The van der Waals surface area contributed by atoms with E-state index >= 15 is 0 Å². The fourth-order valence-electron chi connectivity index (χ4n) is 1.28. The molecule has 0 fully saturated rings. The molecule has 4 nitrogen and oxygen atoms in total. The van der Waals surface area contributed by atoms with Gasteiger partial charge in [0.15, 0.2) is 0 Å². The number of hydrogen-bond acceptors (Lipinski definition) is 3. The second-order valence-corrected chi connectivity index (χ2v) is 6.03. The molecule has 0 radical (unpaired) electrons. The van der Waals surface area contributed by atoms with Gasteiger partial charge in [-0.3, -0.25) is 0 Å². The van der Waals surface area contributed by atoms with E-state index < -0.39 is 10.0 Å². The Kier molecular flexibility index (Phi) is 5.22. The van der Waals surface area contributed by atoms with Crippen molar-refractivity contribution in [3.05, 3.63) is 27.7 Å². The highest BCUT2D eigenvalue weighted by molar-refractivity contribution is 7.89. The van der Waals surface area contributed by atoms with Crippen LogP contribution in [0.5, 0.6) is 0 Å². The molecule has 1 aromatic carbocycles. The van der Waals surface area contributed by atoms with Gasteiger partial charge < -0.3 is 5.32 Å². The zero-order valence-electron chi connectivity index (χ0n) is 9.55. The van der Waals surface area contributed by atoms with E-state index in [4.69, 9.17) is 23.2 Å². The van der Waals surface area contributed by atoms with Crippen molar-refractivity contribution in [3.8, 4) is 0 Å². The smallest absolute Gasteiger partial charge is 0.241 e. The lowest BCUT2D eigenvalue weighted by molar-refractivity contribution is 0.588.